The standard InChI is InChI=1S/C14H17Cl3FN3OS/c1-8(2)7-11(22)20-12(14(15,16)17)21-13(23)19-10-5-3-9(18)4-6-10/h3-6,8,12H,7H2,1-2H3,(H,20,22)(H2,19,21,23)/t12-/m1/s1. The molecule has 1 amide bonds. The molecule has 23 heavy (non-hydrogen) atoms. The predicted octanol–water partition coefficient (Wildman–Crippen LogP) is 3.97. The Morgan fingerprint density at radius 1 is 1.22 bits per heavy atom. The van der Waals surface area contributed by atoms with E-state index in [4.69, 9.17) is 47.0 Å². The van der Waals surface area contributed by atoms with Crippen molar-refractivity contribution in [3.8, 4) is 0 Å². The highest BCUT2D eigenvalue weighted by atomic mass is 35.6. The molecular formula is C14H17Cl3FN3OS. The molecule has 0 radical (unpaired) electrons. The highest BCUT2D eigenvalue weighted by Crippen LogP contribution is 2.29. The molecule has 0 aliphatic heterocycles. The van der Waals surface area contributed by atoms with Gasteiger partial charge in [0.05, 0.1) is 0 Å². The quantitative estimate of drug-likeness (QED) is 0.398. The zero-order chi connectivity index (χ0) is 17.6. The summed E-state index contributed by atoms with van der Waals surface area (Å²) in [5.41, 5.74) is 0.556. The average molecular weight is 401 g/mol. The highest BCUT2D eigenvalue weighted by molar-refractivity contribution is 7.80. The summed E-state index contributed by atoms with van der Waals surface area (Å²) >= 11 is 22.7. The summed E-state index contributed by atoms with van der Waals surface area (Å²) in [4.78, 5) is 11.9. The van der Waals surface area contributed by atoms with Crippen molar-refractivity contribution in [2.75, 3.05) is 5.32 Å². The second-order valence-corrected chi connectivity index (χ2v) is 8.02. The van der Waals surface area contributed by atoms with Gasteiger partial charge in [-0.3, -0.25) is 4.79 Å². The summed E-state index contributed by atoms with van der Waals surface area (Å²) in [6, 6.07) is 5.57. The number of carbonyl (C=O) groups excluding carboxylic acids is 1. The maximum absolute atomic E-state index is 12.9. The normalized spacial score (nSPS) is 12.7. The Hall–Kier alpha value is -0.820. The van der Waals surface area contributed by atoms with Crippen molar-refractivity contribution in [2.24, 2.45) is 5.92 Å². The van der Waals surface area contributed by atoms with Gasteiger partial charge in [0, 0.05) is 12.1 Å². The van der Waals surface area contributed by atoms with Gasteiger partial charge < -0.3 is 16.0 Å². The zero-order valence-electron chi connectivity index (χ0n) is 12.5. The molecule has 1 aromatic carbocycles. The molecule has 0 saturated carbocycles. The second-order valence-electron chi connectivity index (χ2n) is 5.25. The number of nitrogens with one attached hydrogen (secondary N) is 3. The zero-order valence-corrected chi connectivity index (χ0v) is 15.6. The van der Waals surface area contributed by atoms with Crippen LogP contribution in [0.3, 0.4) is 0 Å². The summed E-state index contributed by atoms with van der Waals surface area (Å²) in [6.07, 6.45) is -0.726. The topological polar surface area (TPSA) is 53.2 Å². The van der Waals surface area contributed by atoms with E-state index in [1.54, 1.807) is 0 Å². The van der Waals surface area contributed by atoms with Crippen LogP contribution in [0.5, 0.6) is 0 Å². The lowest BCUT2D eigenvalue weighted by Gasteiger charge is -2.28. The summed E-state index contributed by atoms with van der Waals surface area (Å²) in [5.74, 6) is -0.474. The minimum atomic E-state index is -1.80. The minimum absolute atomic E-state index is 0.123. The lowest BCUT2D eigenvalue weighted by Crippen LogP contribution is -2.56. The highest BCUT2D eigenvalue weighted by Gasteiger charge is 2.34. The molecule has 0 aliphatic carbocycles. The van der Waals surface area contributed by atoms with E-state index in [1.807, 2.05) is 13.8 Å². The second kappa shape index (κ2) is 8.87. The van der Waals surface area contributed by atoms with Crippen LogP contribution in [-0.2, 0) is 4.79 Å². The molecule has 0 bridgehead atoms. The Balaban J connectivity index is 2.67. The number of hydrogen-bond donors (Lipinski definition) is 3. The van der Waals surface area contributed by atoms with Gasteiger partial charge in [0.2, 0.25) is 9.70 Å². The van der Waals surface area contributed by atoms with Gasteiger partial charge in [0.15, 0.2) is 5.11 Å². The molecular weight excluding hydrogens is 384 g/mol. The van der Waals surface area contributed by atoms with Gasteiger partial charge in [-0.2, -0.15) is 0 Å². The Bertz CT molecular complexity index is 549. The maximum atomic E-state index is 12.9. The third kappa shape index (κ3) is 8.01. The van der Waals surface area contributed by atoms with E-state index in [0.29, 0.717) is 5.69 Å². The number of alkyl halides is 3. The van der Waals surface area contributed by atoms with Gasteiger partial charge in [0.1, 0.15) is 12.0 Å². The van der Waals surface area contributed by atoms with Gasteiger partial charge in [-0.05, 0) is 42.4 Å². The molecule has 128 valence electrons. The van der Waals surface area contributed by atoms with Gasteiger partial charge >= 0.3 is 0 Å². The van der Waals surface area contributed by atoms with E-state index >= 15 is 0 Å². The van der Waals surface area contributed by atoms with Crippen LogP contribution in [0.4, 0.5) is 10.1 Å². The number of anilines is 1. The Morgan fingerprint density at radius 2 is 1.78 bits per heavy atom. The maximum Gasteiger partial charge on any atom is 0.228 e. The van der Waals surface area contributed by atoms with Crippen LogP contribution in [0.15, 0.2) is 24.3 Å². The molecule has 0 aromatic heterocycles. The molecule has 4 nitrogen and oxygen atoms in total. The lowest BCUT2D eigenvalue weighted by atomic mass is 10.1. The number of thiocarbonyl (C=S) groups is 1. The van der Waals surface area contributed by atoms with Crippen molar-refractivity contribution < 1.29 is 9.18 Å². The Labute approximate surface area is 155 Å². The number of benzene rings is 1. The van der Waals surface area contributed by atoms with Crippen molar-refractivity contribution in [1.29, 1.82) is 0 Å². The third-order valence-electron chi connectivity index (χ3n) is 2.60. The molecule has 0 heterocycles. The molecule has 1 aromatic rings. The molecule has 0 unspecified atom stereocenters. The number of carbonyl (C=O) groups is 1. The Morgan fingerprint density at radius 3 is 2.26 bits per heavy atom. The summed E-state index contributed by atoms with van der Waals surface area (Å²) < 4.78 is 11.1. The monoisotopic (exact) mass is 399 g/mol. The van der Waals surface area contributed by atoms with Crippen LogP contribution in [0, 0.1) is 11.7 Å². The fourth-order valence-corrected chi connectivity index (χ4v) is 2.18. The predicted molar refractivity (Wildman–Crippen MR) is 97.4 cm³/mol. The van der Waals surface area contributed by atoms with Gasteiger partial charge in [-0.1, -0.05) is 48.7 Å². The smallest absolute Gasteiger partial charge is 0.228 e. The van der Waals surface area contributed by atoms with Gasteiger partial charge in [0.25, 0.3) is 0 Å². The first-order chi connectivity index (χ1) is 10.6. The largest absolute Gasteiger partial charge is 0.339 e. The third-order valence-corrected chi connectivity index (χ3v) is 3.48. The van der Waals surface area contributed by atoms with Gasteiger partial charge in [-0.25, -0.2) is 4.39 Å². The van der Waals surface area contributed by atoms with E-state index < -0.39 is 9.96 Å². The average Bonchev–Trinajstić information content (AvgIpc) is 2.38. The minimum Gasteiger partial charge on any atom is -0.339 e. The summed E-state index contributed by atoms with van der Waals surface area (Å²) in [5, 5.41) is 8.24. The molecule has 9 heteroatoms. The van der Waals surface area contributed by atoms with E-state index in [2.05, 4.69) is 16.0 Å². The number of halogens is 4. The van der Waals surface area contributed by atoms with Crippen molar-refractivity contribution in [2.45, 2.75) is 30.2 Å². The first kappa shape index (κ1) is 20.2. The van der Waals surface area contributed by atoms with Crippen LogP contribution in [0.1, 0.15) is 20.3 Å². The van der Waals surface area contributed by atoms with E-state index in [1.165, 1.54) is 24.3 Å². The van der Waals surface area contributed by atoms with Crippen LogP contribution in [0.25, 0.3) is 0 Å². The van der Waals surface area contributed by atoms with Crippen molar-refractivity contribution in [1.82, 2.24) is 10.6 Å². The van der Waals surface area contributed by atoms with Crippen molar-refractivity contribution >= 4 is 63.7 Å². The Kier molecular flexibility index (Phi) is 7.80. The number of hydrogen-bond acceptors (Lipinski definition) is 2. The summed E-state index contributed by atoms with van der Waals surface area (Å²) in [7, 11) is 0. The van der Waals surface area contributed by atoms with Crippen LogP contribution in [0.2, 0.25) is 0 Å². The first-order valence-electron chi connectivity index (χ1n) is 6.77. The molecule has 1 atom stereocenters. The molecule has 0 spiro atoms. The van der Waals surface area contributed by atoms with Gasteiger partial charge in [-0.15, -0.1) is 0 Å². The van der Waals surface area contributed by atoms with Crippen molar-refractivity contribution in [3.63, 3.8) is 0 Å². The fraction of sp³-hybridized carbons (Fsp3) is 0.429. The van der Waals surface area contributed by atoms with Crippen LogP contribution >= 0.6 is 47.0 Å². The number of amides is 1. The summed E-state index contributed by atoms with van der Waals surface area (Å²) in [6.45, 7) is 3.80. The first-order valence-corrected chi connectivity index (χ1v) is 8.31. The molecule has 1 rings (SSSR count). The van der Waals surface area contributed by atoms with Crippen molar-refractivity contribution in [3.05, 3.63) is 30.1 Å². The van der Waals surface area contributed by atoms with E-state index in [9.17, 15) is 9.18 Å². The molecule has 0 aliphatic rings. The molecule has 3 N–H and O–H groups in total. The van der Waals surface area contributed by atoms with E-state index in [0.717, 1.165) is 0 Å². The fourth-order valence-electron chi connectivity index (χ4n) is 1.62. The van der Waals surface area contributed by atoms with E-state index in [-0.39, 0.29) is 29.2 Å². The van der Waals surface area contributed by atoms with Crippen LogP contribution in [-0.4, -0.2) is 21.0 Å². The molecule has 0 saturated heterocycles. The SMILES string of the molecule is CC(C)CC(=O)N[C@H](NC(=S)Nc1ccc(F)cc1)C(Cl)(Cl)Cl. The molecule has 0 fully saturated rings. The lowest BCUT2D eigenvalue weighted by molar-refractivity contribution is -0.122. The number of rotatable bonds is 5. The van der Waals surface area contributed by atoms with Crippen LogP contribution < -0.4 is 16.0 Å².